The summed E-state index contributed by atoms with van der Waals surface area (Å²) in [5.74, 6) is 0.178. The van der Waals surface area contributed by atoms with Gasteiger partial charge in [-0.2, -0.15) is 5.26 Å². The standard InChI is InChI=1S/C20H21N3O2S/c1-2-15-26(24,25)18-7-3-16(4-8-18)5-9-19-20-10-6-17(11-12-21)23(20)14-13-22-19/h3-4,6-8,10,13-14H,2,5,9,11,15H2,1H3. The Hall–Kier alpha value is -2.65. The number of benzene rings is 1. The summed E-state index contributed by atoms with van der Waals surface area (Å²) in [5, 5.41) is 8.91. The van der Waals surface area contributed by atoms with Gasteiger partial charge in [-0.3, -0.25) is 4.98 Å². The average Bonchev–Trinajstić information content (AvgIpc) is 3.04. The molecule has 5 nitrogen and oxygen atoms in total. The first kappa shape index (κ1) is 18.2. The van der Waals surface area contributed by atoms with Gasteiger partial charge >= 0.3 is 0 Å². The van der Waals surface area contributed by atoms with Crippen LogP contribution in [0.25, 0.3) is 5.52 Å². The van der Waals surface area contributed by atoms with E-state index in [1.807, 2.05) is 41.8 Å². The van der Waals surface area contributed by atoms with Crippen molar-refractivity contribution in [3.63, 3.8) is 0 Å². The molecular weight excluding hydrogens is 346 g/mol. The molecule has 1 aromatic carbocycles. The monoisotopic (exact) mass is 367 g/mol. The van der Waals surface area contributed by atoms with Crippen molar-refractivity contribution in [3.05, 3.63) is 65.7 Å². The number of hydrogen-bond acceptors (Lipinski definition) is 4. The molecule has 0 saturated carbocycles. The number of rotatable bonds is 7. The van der Waals surface area contributed by atoms with Crippen LogP contribution in [0.4, 0.5) is 0 Å². The molecule has 0 bridgehead atoms. The minimum Gasteiger partial charge on any atom is -0.317 e. The van der Waals surface area contributed by atoms with Crippen LogP contribution in [0.1, 0.15) is 30.3 Å². The first-order valence-corrected chi connectivity index (χ1v) is 10.3. The first-order valence-electron chi connectivity index (χ1n) is 8.67. The molecule has 3 rings (SSSR count). The fraction of sp³-hybridized carbons (Fsp3) is 0.300. The van der Waals surface area contributed by atoms with Crippen LogP contribution in [0.5, 0.6) is 0 Å². The van der Waals surface area contributed by atoms with Crippen molar-refractivity contribution < 1.29 is 8.42 Å². The molecule has 2 aromatic heterocycles. The Balaban J connectivity index is 1.76. The second-order valence-corrected chi connectivity index (χ2v) is 8.36. The molecule has 0 aliphatic heterocycles. The van der Waals surface area contributed by atoms with E-state index in [9.17, 15) is 8.42 Å². The van der Waals surface area contributed by atoms with E-state index in [4.69, 9.17) is 5.26 Å². The van der Waals surface area contributed by atoms with Gasteiger partial charge in [-0.25, -0.2) is 8.42 Å². The maximum absolute atomic E-state index is 12.1. The zero-order valence-corrected chi connectivity index (χ0v) is 15.5. The maximum atomic E-state index is 12.1. The smallest absolute Gasteiger partial charge is 0.178 e. The molecule has 2 heterocycles. The van der Waals surface area contributed by atoms with Gasteiger partial charge in [0.1, 0.15) is 0 Å². The Bertz CT molecular complexity index is 1040. The highest BCUT2D eigenvalue weighted by Crippen LogP contribution is 2.18. The van der Waals surface area contributed by atoms with Crippen molar-refractivity contribution in [2.45, 2.75) is 37.5 Å². The minimum absolute atomic E-state index is 0.178. The van der Waals surface area contributed by atoms with Crippen LogP contribution in [-0.4, -0.2) is 23.6 Å². The van der Waals surface area contributed by atoms with Crippen LogP contribution in [-0.2, 0) is 29.1 Å². The SMILES string of the molecule is CCCS(=O)(=O)c1ccc(CCc2nccn3c(CC#N)ccc23)cc1. The molecule has 0 amide bonds. The summed E-state index contributed by atoms with van der Waals surface area (Å²) in [7, 11) is -3.17. The lowest BCUT2D eigenvalue weighted by molar-refractivity contribution is 0.594. The molecule has 0 N–H and O–H groups in total. The number of sulfone groups is 1. The third-order valence-electron chi connectivity index (χ3n) is 4.41. The highest BCUT2D eigenvalue weighted by Gasteiger charge is 2.13. The summed E-state index contributed by atoms with van der Waals surface area (Å²) in [5.41, 5.74) is 4.02. The predicted molar refractivity (Wildman–Crippen MR) is 101 cm³/mol. The van der Waals surface area contributed by atoms with Crippen LogP contribution in [0.15, 0.2) is 53.7 Å². The van der Waals surface area contributed by atoms with Gasteiger partial charge in [0.2, 0.25) is 0 Å². The summed E-state index contributed by atoms with van der Waals surface area (Å²) in [4.78, 5) is 4.86. The molecule has 0 saturated heterocycles. The fourth-order valence-corrected chi connectivity index (χ4v) is 4.41. The molecule has 134 valence electrons. The van der Waals surface area contributed by atoms with Crippen molar-refractivity contribution in [1.29, 1.82) is 5.26 Å². The molecule has 0 spiro atoms. The highest BCUT2D eigenvalue weighted by molar-refractivity contribution is 7.91. The Morgan fingerprint density at radius 3 is 2.58 bits per heavy atom. The lowest BCUT2D eigenvalue weighted by atomic mass is 10.1. The molecule has 26 heavy (non-hydrogen) atoms. The van der Waals surface area contributed by atoms with E-state index in [1.165, 1.54) is 0 Å². The fourth-order valence-electron chi connectivity index (χ4n) is 3.09. The van der Waals surface area contributed by atoms with Gasteiger partial charge in [-0.1, -0.05) is 19.1 Å². The quantitative estimate of drug-likeness (QED) is 0.642. The lowest BCUT2D eigenvalue weighted by Gasteiger charge is -2.07. The number of nitriles is 1. The van der Waals surface area contributed by atoms with Crippen LogP contribution in [0, 0.1) is 11.3 Å². The van der Waals surface area contributed by atoms with E-state index in [-0.39, 0.29) is 5.75 Å². The third-order valence-corrected chi connectivity index (χ3v) is 6.35. The zero-order chi connectivity index (χ0) is 18.6. The Kier molecular flexibility index (Phi) is 5.38. The van der Waals surface area contributed by atoms with Gasteiger partial charge < -0.3 is 4.40 Å². The highest BCUT2D eigenvalue weighted by atomic mass is 32.2. The number of aryl methyl sites for hydroxylation is 2. The second-order valence-electron chi connectivity index (χ2n) is 6.25. The van der Waals surface area contributed by atoms with Crippen molar-refractivity contribution in [2.75, 3.05) is 5.75 Å². The number of nitrogens with zero attached hydrogens (tertiary/aromatic N) is 3. The topological polar surface area (TPSA) is 75.2 Å². The van der Waals surface area contributed by atoms with Crippen LogP contribution >= 0.6 is 0 Å². The third kappa shape index (κ3) is 3.78. The van der Waals surface area contributed by atoms with E-state index in [2.05, 4.69) is 11.1 Å². The normalized spacial score (nSPS) is 11.5. The minimum atomic E-state index is -3.17. The van der Waals surface area contributed by atoms with E-state index in [0.29, 0.717) is 17.7 Å². The van der Waals surface area contributed by atoms with Crippen LogP contribution in [0.3, 0.4) is 0 Å². The summed E-state index contributed by atoms with van der Waals surface area (Å²) in [6.45, 7) is 1.86. The van der Waals surface area contributed by atoms with Gasteiger partial charge in [0.05, 0.1) is 34.3 Å². The maximum Gasteiger partial charge on any atom is 0.178 e. The van der Waals surface area contributed by atoms with Crippen LogP contribution in [0.2, 0.25) is 0 Å². The average molecular weight is 367 g/mol. The van der Waals surface area contributed by atoms with E-state index in [0.717, 1.165) is 35.3 Å². The Labute approximate surface area is 153 Å². The van der Waals surface area contributed by atoms with Crippen molar-refractivity contribution >= 4 is 15.4 Å². The van der Waals surface area contributed by atoms with Crippen LogP contribution < -0.4 is 0 Å². The first-order chi connectivity index (χ1) is 12.5. The molecule has 0 atom stereocenters. The van der Waals surface area contributed by atoms with E-state index < -0.39 is 9.84 Å². The molecule has 6 heteroatoms. The van der Waals surface area contributed by atoms with Crippen molar-refractivity contribution in [3.8, 4) is 6.07 Å². The van der Waals surface area contributed by atoms with Gasteiger partial charge in [0.25, 0.3) is 0 Å². The number of fused-ring (bicyclic) bond motifs is 1. The van der Waals surface area contributed by atoms with Gasteiger partial charge in [-0.15, -0.1) is 0 Å². The van der Waals surface area contributed by atoms with E-state index in [1.54, 1.807) is 18.3 Å². The Morgan fingerprint density at radius 2 is 1.88 bits per heavy atom. The molecule has 0 aliphatic rings. The summed E-state index contributed by atoms with van der Waals surface area (Å²) >= 11 is 0. The second kappa shape index (κ2) is 7.71. The number of aromatic nitrogens is 2. The molecule has 3 aromatic rings. The molecule has 0 radical (unpaired) electrons. The van der Waals surface area contributed by atoms with Gasteiger partial charge in [-0.05, 0) is 49.1 Å². The lowest BCUT2D eigenvalue weighted by Crippen LogP contribution is -2.06. The predicted octanol–water partition coefficient (Wildman–Crippen LogP) is 3.37. The number of hydrogen-bond donors (Lipinski definition) is 0. The summed E-state index contributed by atoms with van der Waals surface area (Å²) in [6, 6.07) is 13.3. The molecule has 0 aliphatic carbocycles. The summed E-state index contributed by atoms with van der Waals surface area (Å²) in [6.07, 6.45) is 6.14. The molecule has 0 unspecified atom stereocenters. The van der Waals surface area contributed by atoms with Crippen molar-refractivity contribution in [1.82, 2.24) is 9.38 Å². The van der Waals surface area contributed by atoms with Gasteiger partial charge in [0.15, 0.2) is 9.84 Å². The molecule has 0 fully saturated rings. The molecular formula is C20H21N3O2S. The largest absolute Gasteiger partial charge is 0.317 e. The van der Waals surface area contributed by atoms with E-state index >= 15 is 0 Å². The Morgan fingerprint density at radius 1 is 1.12 bits per heavy atom. The van der Waals surface area contributed by atoms with Crippen molar-refractivity contribution in [2.24, 2.45) is 0 Å². The van der Waals surface area contributed by atoms with Gasteiger partial charge in [0, 0.05) is 18.1 Å². The summed E-state index contributed by atoms with van der Waals surface area (Å²) < 4.78 is 26.2. The zero-order valence-electron chi connectivity index (χ0n) is 14.7.